The minimum Gasteiger partial charge on any atom is -0.404 e. The number of carbonyl (C=O) groups excluding carboxylic acids is 1. The lowest BCUT2D eigenvalue weighted by molar-refractivity contribution is 0.0939. The second-order valence-corrected chi connectivity index (χ2v) is 12.1. The zero-order chi connectivity index (χ0) is 29.3. The summed E-state index contributed by atoms with van der Waals surface area (Å²) >= 11 is 0. The number of nitrogens with one attached hydrogen (secondary N) is 3. The van der Waals surface area contributed by atoms with E-state index in [9.17, 15) is 9.90 Å². The SMILES string of the molecule is CCCC(CCC(C)CC)CNc1cc(NCC(C)(C)O)nc(C(=CN)c2ccc(C(=O)NC3CC3)c(C)c2)n1. The van der Waals surface area contributed by atoms with Crippen molar-refractivity contribution in [1.29, 1.82) is 0 Å². The molecule has 0 aliphatic heterocycles. The van der Waals surface area contributed by atoms with Gasteiger partial charge in [0.2, 0.25) is 0 Å². The zero-order valence-electron chi connectivity index (χ0n) is 25.3. The Balaban J connectivity index is 1.86. The van der Waals surface area contributed by atoms with Gasteiger partial charge in [0.05, 0.1) is 5.60 Å². The van der Waals surface area contributed by atoms with Gasteiger partial charge in [0.15, 0.2) is 5.82 Å². The molecule has 1 heterocycles. The Bertz CT molecular complexity index is 1150. The van der Waals surface area contributed by atoms with E-state index in [-0.39, 0.29) is 5.91 Å². The minimum absolute atomic E-state index is 0.0413. The van der Waals surface area contributed by atoms with Gasteiger partial charge in [-0.1, -0.05) is 52.2 Å². The van der Waals surface area contributed by atoms with Gasteiger partial charge in [-0.25, -0.2) is 9.97 Å². The maximum absolute atomic E-state index is 12.6. The standard InChI is InChI=1S/C32H50N6O2/c1-7-9-23(11-10-21(3)8-2)19-34-28-17-29(35-20-32(5,6)40)38-30(37-28)27(18-33)24-12-15-26(22(4)16-24)31(39)36-25-13-14-25/h12,15-18,21,23,25,40H,7-11,13-14,19-20,33H2,1-6H3,(H,36,39)(H2,34,35,37,38). The summed E-state index contributed by atoms with van der Waals surface area (Å²) in [5, 5.41) is 20.2. The molecule has 0 spiro atoms. The zero-order valence-corrected chi connectivity index (χ0v) is 25.3. The number of amides is 1. The first-order valence-corrected chi connectivity index (χ1v) is 15.0. The second-order valence-electron chi connectivity index (χ2n) is 12.1. The lowest BCUT2D eigenvalue weighted by atomic mass is 9.92. The van der Waals surface area contributed by atoms with Crippen molar-refractivity contribution in [2.75, 3.05) is 23.7 Å². The number of aromatic nitrogens is 2. The average Bonchev–Trinajstić information content (AvgIpc) is 3.73. The van der Waals surface area contributed by atoms with Crippen LogP contribution in [0.2, 0.25) is 0 Å². The number of hydrogen-bond donors (Lipinski definition) is 5. The molecule has 1 fully saturated rings. The highest BCUT2D eigenvalue weighted by atomic mass is 16.3. The van der Waals surface area contributed by atoms with Crippen LogP contribution in [0.25, 0.3) is 5.57 Å². The van der Waals surface area contributed by atoms with Crippen LogP contribution in [0.5, 0.6) is 0 Å². The number of nitrogens with two attached hydrogens (primary N) is 1. The summed E-state index contributed by atoms with van der Waals surface area (Å²) in [6.07, 6.45) is 9.54. The molecule has 40 heavy (non-hydrogen) atoms. The molecule has 6 N–H and O–H groups in total. The van der Waals surface area contributed by atoms with Gasteiger partial charge in [0.1, 0.15) is 11.6 Å². The fourth-order valence-corrected chi connectivity index (χ4v) is 4.66. The fraction of sp³-hybridized carbons (Fsp3) is 0.594. The average molecular weight is 551 g/mol. The molecule has 1 aromatic carbocycles. The van der Waals surface area contributed by atoms with Gasteiger partial charge < -0.3 is 26.8 Å². The van der Waals surface area contributed by atoms with Crippen LogP contribution >= 0.6 is 0 Å². The van der Waals surface area contributed by atoms with Crippen LogP contribution in [0.1, 0.15) is 107 Å². The summed E-state index contributed by atoms with van der Waals surface area (Å²) in [6, 6.07) is 7.88. The van der Waals surface area contributed by atoms with Gasteiger partial charge in [-0.15, -0.1) is 0 Å². The van der Waals surface area contributed by atoms with Crippen molar-refractivity contribution in [3.05, 3.63) is 53.0 Å². The highest BCUT2D eigenvalue weighted by Gasteiger charge is 2.25. The molecule has 3 rings (SSSR count). The van der Waals surface area contributed by atoms with Crippen LogP contribution < -0.4 is 21.7 Å². The minimum atomic E-state index is -0.901. The van der Waals surface area contributed by atoms with Crippen LogP contribution in [0, 0.1) is 18.8 Å². The number of anilines is 2. The third-order valence-electron chi connectivity index (χ3n) is 7.56. The van der Waals surface area contributed by atoms with Crippen molar-refractivity contribution in [1.82, 2.24) is 15.3 Å². The van der Waals surface area contributed by atoms with Gasteiger partial charge >= 0.3 is 0 Å². The maximum atomic E-state index is 12.6. The van der Waals surface area contributed by atoms with Crippen molar-refractivity contribution < 1.29 is 9.90 Å². The normalized spacial score (nSPS) is 15.4. The number of hydrogen-bond acceptors (Lipinski definition) is 7. The molecule has 1 aliphatic carbocycles. The summed E-state index contributed by atoms with van der Waals surface area (Å²) in [5.41, 5.74) is 8.29. The summed E-state index contributed by atoms with van der Waals surface area (Å²) < 4.78 is 0. The predicted octanol–water partition coefficient (Wildman–Crippen LogP) is 5.86. The van der Waals surface area contributed by atoms with Gasteiger partial charge in [0.25, 0.3) is 5.91 Å². The second kappa shape index (κ2) is 14.5. The molecule has 2 atom stereocenters. The van der Waals surface area contributed by atoms with Crippen molar-refractivity contribution in [2.24, 2.45) is 17.6 Å². The van der Waals surface area contributed by atoms with Crippen LogP contribution in [0.15, 0.2) is 30.5 Å². The molecule has 0 bridgehead atoms. The summed E-state index contributed by atoms with van der Waals surface area (Å²) in [6.45, 7) is 13.4. The van der Waals surface area contributed by atoms with E-state index in [1.54, 1.807) is 13.8 Å². The van der Waals surface area contributed by atoms with Crippen molar-refractivity contribution in [3.8, 4) is 0 Å². The van der Waals surface area contributed by atoms with E-state index in [1.165, 1.54) is 31.9 Å². The van der Waals surface area contributed by atoms with Crippen LogP contribution in [-0.4, -0.2) is 45.7 Å². The van der Waals surface area contributed by atoms with Gasteiger partial charge in [0, 0.05) is 42.5 Å². The molecule has 0 saturated heterocycles. The summed E-state index contributed by atoms with van der Waals surface area (Å²) in [5.74, 6) is 3.05. The van der Waals surface area contributed by atoms with E-state index in [1.807, 2.05) is 31.2 Å². The monoisotopic (exact) mass is 550 g/mol. The Morgan fingerprint density at radius 3 is 2.40 bits per heavy atom. The Kier molecular flexibility index (Phi) is 11.4. The van der Waals surface area contributed by atoms with Crippen molar-refractivity contribution in [2.45, 2.75) is 98.1 Å². The van der Waals surface area contributed by atoms with Gasteiger partial charge in [-0.3, -0.25) is 4.79 Å². The van der Waals surface area contributed by atoms with E-state index >= 15 is 0 Å². The highest BCUT2D eigenvalue weighted by molar-refractivity contribution is 5.96. The number of rotatable bonds is 16. The third-order valence-corrected chi connectivity index (χ3v) is 7.56. The van der Waals surface area contributed by atoms with E-state index in [0.717, 1.165) is 42.9 Å². The maximum Gasteiger partial charge on any atom is 0.251 e. The third kappa shape index (κ3) is 9.81. The van der Waals surface area contributed by atoms with E-state index < -0.39 is 5.60 Å². The van der Waals surface area contributed by atoms with E-state index in [2.05, 4.69) is 36.7 Å². The van der Waals surface area contributed by atoms with E-state index in [0.29, 0.717) is 47.1 Å². The van der Waals surface area contributed by atoms with Crippen LogP contribution in [0.4, 0.5) is 11.6 Å². The van der Waals surface area contributed by atoms with Gasteiger partial charge in [-0.2, -0.15) is 0 Å². The molecule has 220 valence electrons. The molecule has 0 radical (unpaired) electrons. The van der Waals surface area contributed by atoms with Crippen LogP contribution in [0.3, 0.4) is 0 Å². The topological polar surface area (TPSA) is 125 Å². The van der Waals surface area contributed by atoms with Crippen LogP contribution in [-0.2, 0) is 0 Å². The van der Waals surface area contributed by atoms with Gasteiger partial charge in [-0.05, 0) is 75.5 Å². The molecule has 8 nitrogen and oxygen atoms in total. The number of benzene rings is 1. The highest BCUT2D eigenvalue weighted by Crippen LogP contribution is 2.27. The molecule has 1 aromatic heterocycles. The first-order chi connectivity index (χ1) is 19.0. The fourth-order valence-electron chi connectivity index (χ4n) is 4.66. The first-order valence-electron chi connectivity index (χ1n) is 15.0. The van der Waals surface area contributed by atoms with Crippen molar-refractivity contribution in [3.63, 3.8) is 0 Å². The lowest BCUT2D eigenvalue weighted by Crippen LogP contribution is -2.29. The number of aryl methyl sites for hydroxylation is 1. The lowest BCUT2D eigenvalue weighted by Gasteiger charge is -2.21. The van der Waals surface area contributed by atoms with E-state index in [4.69, 9.17) is 15.7 Å². The molecule has 1 amide bonds. The Labute approximate surface area is 240 Å². The molecule has 1 aliphatic rings. The molecule has 8 heteroatoms. The molecule has 1 saturated carbocycles. The Morgan fingerprint density at radius 1 is 1.12 bits per heavy atom. The first kappa shape index (κ1) is 31.4. The number of aliphatic hydroxyl groups is 1. The molecule has 2 aromatic rings. The predicted molar refractivity (Wildman–Crippen MR) is 165 cm³/mol. The number of carbonyl (C=O) groups is 1. The molecular formula is C32H50N6O2. The largest absolute Gasteiger partial charge is 0.404 e. The summed E-state index contributed by atoms with van der Waals surface area (Å²) in [7, 11) is 0. The summed E-state index contributed by atoms with van der Waals surface area (Å²) in [4.78, 5) is 22.2. The molecular weight excluding hydrogens is 500 g/mol. The smallest absolute Gasteiger partial charge is 0.251 e. The Hall–Kier alpha value is -3.13. The Morgan fingerprint density at radius 2 is 1.82 bits per heavy atom. The van der Waals surface area contributed by atoms with Crippen molar-refractivity contribution >= 4 is 23.1 Å². The quantitative estimate of drug-likeness (QED) is 0.177. The molecule has 2 unspecified atom stereocenters. The number of nitrogens with zero attached hydrogens (tertiary/aromatic N) is 2.